The fourth-order valence-corrected chi connectivity index (χ4v) is 1.11. The molecule has 0 aliphatic heterocycles. The number of hydrogen-bond donors (Lipinski definition) is 1. The van der Waals surface area contributed by atoms with Crippen molar-refractivity contribution < 1.29 is 23.1 Å². The van der Waals surface area contributed by atoms with Gasteiger partial charge in [-0.1, -0.05) is 17.9 Å². The van der Waals surface area contributed by atoms with Crippen molar-refractivity contribution in [3.8, 4) is 11.8 Å². The van der Waals surface area contributed by atoms with E-state index >= 15 is 0 Å². The molecular weight excluding hydrogens is 233 g/mol. The Morgan fingerprint density at radius 3 is 2.65 bits per heavy atom. The molecule has 0 atom stereocenters. The number of benzene rings is 1. The molecule has 0 spiro atoms. The average molecular weight is 242 g/mol. The highest BCUT2D eigenvalue weighted by atomic mass is 19.4. The van der Waals surface area contributed by atoms with Crippen molar-refractivity contribution >= 4 is 5.97 Å². The van der Waals surface area contributed by atoms with E-state index in [2.05, 4.69) is 11.8 Å². The zero-order valence-electron chi connectivity index (χ0n) is 8.71. The minimum Gasteiger partial charge on any atom is -0.481 e. The molecule has 0 fully saturated rings. The topological polar surface area (TPSA) is 37.3 Å². The first-order chi connectivity index (χ1) is 7.89. The third kappa shape index (κ3) is 4.60. The highest BCUT2D eigenvalue weighted by Crippen LogP contribution is 2.29. The van der Waals surface area contributed by atoms with Crippen molar-refractivity contribution in [3.63, 3.8) is 0 Å². The Bertz CT molecular complexity index is 467. The second kappa shape index (κ2) is 5.39. The summed E-state index contributed by atoms with van der Waals surface area (Å²) >= 11 is 0. The van der Waals surface area contributed by atoms with E-state index in [1.807, 2.05) is 0 Å². The summed E-state index contributed by atoms with van der Waals surface area (Å²) in [5, 5.41) is 8.34. The Kier molecular flexibility index (Phi) is 4.16. The fraction of sp³-hybridized carbons (Fsp3) is 0.250. The number of carboxylic acid groups (broad SMARTS) is 1. The molecule has 1 aromatic rings. The smallest absolute Gasteiger partial charge is 0.416 e. The van der Waals surface area contributed by atoms with Crippen LogP contribution in [-0.4, -0.2) is 11.1 Å². The van der Waals surface area contributed by atoms with Crippen LogP contribution in [0.4, 0.5) is 13.2 Å². The fourth-order valence-electron chi connectivity index (χ4n) is 1.11. The van der Waals surface area contributed by atoms with Crippen molar-refractivity contribution in [1.29, 1.82) is 0 Å². The number of rotatable bonds is 2. The van der Waals surface area contributed by atoms with Gasteiger partial charge < -0.3 is 5.11 Å². The van der Waals surface area contributed by atoms with E-state index in [0.717, 1.165) is 12.1 Å². The molecule has 0 bridgehead atoms. The minimum atomic E-state index is -4.39. The van der Waals surface area contributed by atoms with Gasteiger partial charge in [-0.2, -0.15) is 13.2 Å². The second-order valence-electron chi connectivity index (χ2n) is 3.27. The quantitative estimate of drug-likeness (QED) is 0.809. The van der Waals surface area contributed by atoms with Crippen LogP contribution in [0.2, 0.25) is 0 Å². The first-order valence-electron chi connectivity index (χ1n) is 4.77. The van der Waals surface area contributed by atoms with Gasteiger partial charge in [-0.05, 0) is 18.2 Å². The number of halogens is 3. The third-order valence-corrected chi connectivity index (χ3v) is 1.89. The summed E-state index contributed by atoms with van der Waals surface area (Å²) in [6.07, 6.45) is -4.39. The summed E-state index contributed by atoms with van der Waals surface area (Å²) in [5.74, 6) is 4.03. The highest BCUT2D eigenvalue weighted by molar-refractivity contribution is 5.67. The largest absolute Gasteiger partial charge is 0.481 e. The van der Waals surface area contributed by atoms with E-state index in [-0.39, 0.29) is 18.4 Å². The van der Waals surface area contributed by atoms with E-state index in [4.69, 9.17) is 5.11 Å². The van der Waals surface area contributed by atoms with Gasteiger partial charge in [0.25, 0.3) is 0 Å². The van der Waals surface area contributed by atoms with Crippen LogP contribution in [0.15, 0.2) is 24.3 Å². The van der Waals surface area contributed by atoms with Gasteiger partial charge in [-0.15, -0.1) is 0 Å². The number of alkyl halides is 3. The molecule has 2 nitrogen and oxygen atoms in total. The van der Waals surface area contributed by atoms with E-state index < -0.39 is 17.7 Å². The van der Waals surface area contributed by atoms with Crippen LogP contribution in [0.1, 0.15) is 24.0 Å². The third-order valence-electron chi connectivity index (χ3n) is 1.89. The molecule has 0 amide bonds. The molecule has 0 heterocycles. The molecule has 17 heavy (non-hydrogen) atoms. The van der Waals surface area contributed by atoms with Crippen molar-refractivity contribution in [2.45, 2.75) is 19.0 Å². The number of hydrogen-bond acceptors (Lipinski definition) is 1. The molecule has 1 aromatic carbocycles. The van der Waals surface area contributed by atoms with Gasteiger partial charge >= 0.3 is 12.1 Å². The highest BCUT2D eigenvalue weighted by Gasteiger charge is 2.30. The van der Waals surface area contributed by atoms with E-state index in [9.17, 15) is 18.0 Å². The molecule has 0 aromatic heterocycles. The van der Waals surface area contributed by atoms with Crippen LogP contribution in [0.5, 0.6) is 0 Å². The van der Waals surface area contributed by atoms with E-state index in [1.54, 1.807) is 0 Å². The Hall–Kier alpha value is -1.96. The summed E-state index contributed by atoms with van der Waals surface area (Å²) in [6.45, 7) is 0. The summed E-state index contributed by atoms with van der Waals surface area (Å²) in [7, 11) is 0. The van der Waals surface area contributed by atoms with Gasteiger partial charge in [-0.25, -0.2) is 0 Å². The lowest BCUT2D eigenvalue weighted by Crippen LogP contribution is -2.04. The summed E-state index contributed by atoms with van der Waals surface area (Å²) < 4.78 is 37.0. The van der Waals surface area contributed by atoms with Crippen molar-refractivity contribution in [1.82, 2.24) is 0 Å². The number of carbonyl (C=O) groups is 1. The van der Waals surface area contributed by atoms with Crippen LogP contribution in [0.25, 0.3) is 0 Å². The van der Waals surface area contributed by atoms with Crippen molar-refractivity contribution in [3.05, 3.63) is 35.4 Å². The van der Waals surface area contributed by atoms with Crippen molar-refractivity contribution in [2.75, 3.05) is 0 Å². The standard InChI is InChI=1S/C12H9F3O2/c13-12(14,15)10-6-3-5-9(8-10)4-1-2-7-11(16)17/h3,5-6,8H,2,7H2,(H,16,17). The Morgan fingerprint density at radius 1 is 1.35 bits per heavy atom. The molecule has 0 radical (unpaired) electrons. The van der Waals surface area contributed by atoms with Crippen LogP contribution in [0, 0.1) is 11.8 Å². The van der Waals surface area contributed by atoms with Crippen molar-refractivity contribution in [2.24, 2.45) is 0 Å². The van der Waals surface area contributed by atoms with Crippen LogP contribution in [-0.2, 0) is 11.0 Å². The maximum atomic E-state index is 12.3. The van der Waals surface area contributed by atoms with Crippen LogP contribution in [0.3, 0.4) is 0 Å². The molecule has 0 saturated carbocycles. The molecule has 0 saturated heterocycles. The maximum Gasteiger partial charge on any atom is 0.416 e. The zero-order chi connectivity index (χ0) is 12.9. The van der Waals surface area contributed by atoms with Crippen LogP contribution >= 0.6 is 0 Å². The summed E-state index contributed by atoms with van der Waals surface area (Å²) in [4.78, 5) is 10.2. The molecule has 5 heteroatoms. The lowest BCUT2D eigenvalue weighted by Gasteiger charge is -2.05. The Labute approximate surface area is 96.1 Å². The Morgan fingerprint density at radius 2 is 2.06 bits per heavy atom. The van der Waals surface area contributed by atoms with E-state index in [1.165, 1.54) is 12.1 Å². The monoisotopic (exact) mass is 242 g/mol. The van der Waals surface area contributed by atoms with Gasteiger partial charge in [0.2, 0.25) is 0 Å². The Balaban J connectivity index is 2.76. The SMILES string of the molecule is O=C(O)CCC#Cc1cccc(C(F)(F)F)c1. The second-order valence-corrected chi connectivity index (χ2v) is 3.27. The van der Waals surface area contributed by atoms with Gasteiger partial charge in [-0.3, -0.25) is 4.79 Å². The normalized spacial score (nSPS) is 10.5. The summed E-state index contributed by atoms with van der Waals surface area (Å²) in [6, 6.07) is 4.61. The number of carboxylic acids is 1. The predicted octanol–water partition coefficient (Wildman–Crippen LogP) is 2.92. The molecule has 0 aliphatic carbocycles. The lowest BCUT2D eigenvalue weighted by molar-refractivity contribution is -0.138. The molecule has 0 aliphatic rings. The molecule has 1 rings (SSSR count). The molecule has 0 unspecified atom stereocenters. The van der Waals surface area contributed by atoms with Gasteiger partial charge in [0.05, 0.1) is 12.0 Å². The van der Waals surface area contributed by atoms with Gasteiger partial charge in [0.1, 0.15) is 0 Å². The van der Waals surface area contributed by atoms with Gasteiger partial charge in [0, 0.05) is 12.0 Å². The first kappa shape index (κ1) is 13.1. The molecule has 1 N–H and O–H groups in total. The zero-order valence-corrected chi connectivity index (χ0v) is 8.71. The van der Waals surface area contributed by atoms with Crippen LogP contribution < -0.4 is 0 Å². The maximum absolute atomic E-state index is 12.3. The van der Waals surface area contributed by atoms with Gasteiger partial charge in [0.15, 0.2) is 0 Å². The average Bonchev–Trinajstić information content (AvgIpc) is 2.23. The molecular formula is C12H9F3O2. The first-order valence-corrected chi connectivity index (χ1v) is 4.77. The lowest BCUT2D eigenvalue weighted by atomic mass is 10.1. The summed E-state index contributed by atoms with van der Waals surface area (Å²) in [5.41, 5.74) is -0.534. The van der Waals surface area contributed by atoms with E-state index in [0.29, 0.717) is 0 Å². The minimum absolute atomic E-state index is 0.117. The number of aliphatic carboxylic acids is 1. The molecule has 90 valence electrons. The predicted molar refractivity (Wildman–Crippen MR) is 55.2 cm³/mol.